The van der Waals surface area contributed by atoms with E-state index in [0.29, 0.717) is 24.6 Å². The molecule has 120 valence electrons. The van der Waals surface area contributed by atoms with Crippen LogP contribution in [0.2, 0.25) is 0 Å². The number of benzene rings is 2. The number of fused-ring (bicyclic) bond motifs is 1. The number of nitrogens with one attached hydrogen (secondary N) is 1. The van der Waals surface area contributed by atoms with Crippen LogP contribution in [0.4, 0.5) is 0 Å². The van der Waals surface area contributed by atoms with Gasteiger partial charge in [-0.15, -0.1) is 0 Å². The molecule has 0 atom stereocenters. The zero-order valence-corrected chi connectivity index (χ0v) is 13.9. The van der Waals surface area contributed by atoms with Gasteiger partial charge in [-0.2, -0.15) is 0 Å². The second-order valence-electron chi connectivity index (χ2n) is 5.31. The second-order valence-corrected chi connectivity index (χ2v) is 6.96. The van der Waals surface area contributed by atoms with E-state index in [4.69, 9.17) is 4.74 Å². The largest absolute Gasteiger partial charge is 0.494 e. The zero-order chi connectivity index (χ0) is 16.4. The van der Waals surface area contributed by atoms with Crippen molar-refractivity contribution in [2.45, 2.75) is 25.3 Å². The van der Waals surface area contributed by atoms with Crippen molar-refractivity contribution in [3.05, 3.63) is 59.2 Å². The van der Waals surface area contributed by atoms with Crippen LogP contribution in [0.1, 0.15) is 23.6 Å². The van der Waals surface area contributed by atoms with Gasteiger partial charge in [-0.1, -0.05) is 24.3 Å². The Morgan fingerprint density at radius 2 is 1.96 bits per heavy atom. The Morgan fingerprint density at radius 3 is 2.74 bits per heavy atom. The summed E-state index contributed by atoms with van der Waals surface area (Å²) in [5.41, 5.74) is 2.64. The topological polar surface area (TPSA) is 67.8 Å². The number of aliphatic imine (C=N–C) groups is 1. The zero-order valence-electron chi connectivity index (χ0n) is 13.0. The second kappa shape index (κ2) is 6.04. The van der Waals surface area contributed by atoms with Gasteiger partial charge >= 0.3 is 0 Å². The minimum atomic E-state index is -3.50. The van der Waals surface area contributed by atoms with Crippen molar-refractivity contribution in [2.24, 2.45) is 4.99 Å². The quantitative estimate of drug-likeness (QED) is 0.937. The van der Waals surface area contributed by atoms with Gasteiger partial charge in [-0.3, -0.25) is 9.71 Å². The molecule has 0 aromatic heterocycles. The summed E-state index contributed by atoms with van der Waals surface area (Å²) in [5.74, 6) is 1.16. The summed E-state index contributed by atoms with van der Waals surface area (Å²) in [6.45, 7) is 4.85. The van der Waals surface area contributed by atoms with Gasteiger partial charge < -0.3 is 4.74 Å². The molecule has 1 aliphatic rings. The van der Waals surface area contributed by atoms with Gasteiger partial charge in [0.05, 0.1) is 18.0 Å². The van der Waals surface area contributed by atoms with Crippen molar-refractivity contribution in [3.63, 3.8) is 0 Å². The third kappa shape index (κ3) is 3.07. The molecule has 23 heavy (non-hydrogen) atoms. The van der Waals surface area contributed by atoms with E-state index in [-0.39, 0.29) is 4.90 Å². The lowest BCUT2D eigenvalue weighted by Gasteiger charge is -2.09. The van der Waals surface area contributed by atoms with E-state index in [9.17, 15) is 8.42 Å². The molecule has 0 aliphatic carbocycles. The molecule has 0 bridgehead atoms. The van der Waals surface area contributed by atoms with Crippen molar-refractivity contribution < 1.29 is 13.2 Å². The highest BCUT2D eigenvalue weighted by Crippen LogP contribution is 2.24. The Hall–Kier alpha value is -2.34. The SMILES string of the molecule is CCOc1cc(C)ccc1CN=C1NS(=O)(=O)c2ccccc21. The lowest BCUT2D eigenvalue weighted by atomic mass is 10.1. The van der Waals surface area contributed by atoms with Crippen molar-refractivity contribution in [1.29, 1.82) is 0 Å². The van der Waals surface area contributed by atoms with Gasteiger partial charge in [0.25, 0.3) is 10.0 Å². The number of amidine groups is 1. The van der Waals surface area contributed by atoms with Crippen LogP contribution >= 0.6 is 0 Å². The average molecular weight is 330 g/mol. The Balaban J connectivity index is 1.93. The first kappa shape index (κ1) is 15.6. The predicted molar refractivity (Wildman–Crippen MR) is 89.4 cm³/mol. The summed E-state index contributed by atoms with van der Waals surface area (Å²) < 4.78 is 32.3. The summed E-state index contributed by atoms with van der Waals surface area (Å²) in [6, 6.07) is 12.8. The maximum atomic E-state index is 12.1. The van der Waals surface area contributed by atoms with E-state index >= 15 is 0 Å². The molecular weight excluding hydrogens is 312 g/mol. The molecule has 6 heteroatoms. The number of nitrogens with zero attached hydrogens (tertiary/aromatic N) is 1. The fourth-order valence-corrected chi connectivity index (χ4v) is 3.75. The molecule has 0 spiro atoms. The highest BCUT2D eigenvalue weighted by Gasteiger charge is 2.29. The molecule has 0 saturated carbocycles. The number of hydrogen-bond acceptors (Lipinski definition) is 4. The number of ether oxygens (including phenoxy) is 1. The highest BCUT2D eigenvalue weighted by atomic mass is 32.2. The van der Waals surface area contributed by atoms with Crippen molar-refractivity contribution in [3.8, 4) is 5.75 Å². The molecular formula is C17H18N2O3S. The van der Waals surface area contributed by atoms with Crippen LogP contribution in [0.5, 0.6) is 5.75 Å². The average Bonchev–Trinajstić information content (AvgIpc) is 2.78. The molecule has 1 N–H and O–H groups in total. The summed E-state index contributed by atoms with van der Waals surface area (Å²) in [7, 11) is -3.50. The standard InChI is InChI=1S/C17H18N2O3S/c1-3-22-15-10-12(2)8-9-13(15)11-18-17-14-6-4-5-7-16(14)23(20,21)19-17/h4-10H,3,11H2,1-2H3,(H,18,19). The van der Waals surface area contributed by atoms with Crippen LogP contribution in [-0.4, -0.2) is 20.9 Å². The third-order valence-corrected chi connectivity index (χ3v) is 4.99. The van der Waals surface area contributed by atoms with Crippen LogP contribution in [0.3, 0.4) is 0 Å². The van der Waals surface area contributed by atoms with Gasteiger partial charge in [-0.25, -0.2) is 8.42 Å². The van der Waals surface area contributed by atoms with Crippen molar-refractivity contribution >= 4 is 15.9 Å². The van der Waals surface area contributed by atoms with Gasteiger partial charge in [0, 0.05) is 11.1 Å². The first-order valence-corrected chi connectivity index (χ1v) is 8.88. The van der Waals surface area contributed by atoms with Crippen molar-refractivity contribution in [2.75, 3.05) is 6.61 Å². The number of rotatable bonds is 4. The molecule has 1 aliphatic heterocycles. The van der Waals surface area contributed by atoms with Gasteiger partial charge in [0.2, 0.25) is 0 Å². The predicted octanol–water partition coefficient (Wildman–Crippen LogP) is 2.63. The summed E-state index contributed by atoms with van der Waals surface area (Å²) in [5, 5.41) is 0. The van der Waals surface area contributed by atoms with Gasteiger partial charge in [0.1, 0.15) is 11.6 Å². The van der Waals surface area contributed by atoms with E-state index in [1.807, 2.05) is 32.0 Å². The lowest BCUT2D eigenvalue weighted by molar-refractivity contribution is 0.336. The Kier molecular flexibility index (Phi) is 4.09. The van der Waals surface area contributed by atoms with Crippen LogP contribution < -0.4 is 9.46 Å². The molecule has 2 aromatic rings. The first-order valence-electron chi connectivity index (χ1n) is 7.40. The highest BCUT2D eigenvalue weighted by molar-refractivity contribution is 7.90. The fraction of sp³-hybridized carbons (Fsp3) is 0.235. The van der Waals surface area contributed by atoms with E-state index in [2.05, 4.69) is 9.71 Å². The molecule has 0 saturated heterocycles. The smallest absolute Gasteiger partial charge is 0.263 e. The molecule has 3 rings (SSSR count). The number of aryl methyl sites for hydroxylation is 1. The van der Waals surface area contributed by atoms with E-state index in [1.165, 1.54) is 0 Å². The Labute approximate surface area is 136 Å². The third-order valence-electron chi connectivity index (χ3n) is 3.59. The monoisotopic (exact) mass is 330 g/mol. The number of hydrogen-bond donors (Lipinski definition) is 1. The molecule has 5 nitrogen and oxygen atoms in total. The summed E-state index contributed by atoms with van der Waals surface area (Å²) in [6.07, 6.45) is 0. The minimum absolute atomic E-state index is 0.271. The Morgan fingerprint density at radius 1 is 1.17 bits per heavy atom. The summed E-state index contributed by atoms with van der Waals surface area (Å²) >= 11 is 0. The van der Waals surface area contributed by atoms with Crippen molar-refractivity contribution in [1.82, 2.24) is 4.72 Å². The normalized spacial score (nSPS) is 16.9. The Bertz CT molecular complexity index is 873. The van der Waals surface area contributed by atoms with E-state index in [1.54, 1.807) is 24.3 Å². The molecule has 2 aromatic carbocycles. The maximum absolute atomic E-state index is 12.1. The van der Waals surface area contributed by atoms with Crippen LogP contribution in [0.15, 0.2) is 52.4 Å². The lowest BCUT2D eigenvalue weighted by Crippen LogP contribution is -2.22. The molecule has 0 radical (unpaired) electrons. The molecule has 0 unspecified atom stereocenters. The number of sulfonamides is 1. The molecule has 0 amide bonds. The van der Waals surface area contributed by atoms with E-state index < -0.39 is 10.0 Å². The summed E-state index contributed by atoms with van der Waals surface area (Å²) in [4.78, 5) is 4.72. The molecule has 1 heterocycles. The minimum Gasteiger partial charge on any atom is -0.494 e. The van der Waals surface area contributed by atoms with Crippen LogP contribution in [0, 0.1) is 6.92 Å². The van der Waals surface area contributed by atoms with E-state index in [0.717, 1.165) is 16.9 Å². The fourth-order valence-electron chi connectivity index (χ4n) is 2.50. The van der Waals surface area contributed by atoms with Gasteiger partial charge in [-0.05, 0) is 37.6 Å². The van der Waals surface area contributed by atoms with Crippen LogP contribution in [-0.2, 0) is 16.6 Å². The maximum Gasteiger partial charge on any atom is 0.263 e. The van der Waals surface area contributed by atoms with Crippen LogP contribution in [0.25, 0.3) is 0 Å². The van der Waals surface area contributed by atoms with Gasteiger partial charge in [0.15, 0.2) is 0 Å². The first-order chi connectivity index (χ1) is 11.0. The molecule has 0 fully saturated rings.